The summed E-state index contributed by atoms with van der Waals surface area (Å²) < 4.78 is 10.5. The third kappa shape index (κ3) is 4.66. The summed E-state index contributed by atoms with van der Waals surface area (Å²) in [6.07, 6.45) is 0.589. The molecule has 6 heteroatoms. The first-order chi connectivity index (χ1) is 14.0. The van der Waals surface area contributed by atoms with Crippen LogP contribution < -0.4 is 10.1 Å². The fourth-order valence-electron chi connectivity index (χ4n) is 3.20. The quantitative estimate of drug-likeness (QED) is 0.520. The van der Waals surface area contributed by atoms with Gasteiger partial charge in [0.15, 0.2) is 0 Å². The van der Waals surface area contributed by atoms with Crippen molar-refractivity contribution < 1.29 is 19.1 Å². The molecule has 1 heterocycles. The van der Waals surface area contributed by atoms with Gasteiger partial charge in [0.05, 0.1) is 12.2 Å². The van der Waals surface area contributed by atoms with Crippen LogP contribution in [0.1, 0.15) is 24.5 Å². The molecule has 0 spiro atoms. The predicted octanol–water partition coefficient (Wildman–Crippen LogP) is 3.62. The molecule has 2 aromatic rings. The Kier molecular flexibility index (Phi) is 6.67. The lowest BCUT2D eigenvalue weighted by molar-refractivity contribution is -0.136. The monoisotopic (exact) mass is 394 g/mol. The summed E-state index contributed by atoms with van der Waals surface area (Å²) in [5.41, 5.74) is 3.20. The molecule has 0 bridgehead atoms. The minimum atomic E-state index is -0.324. The number of benzene rings is 2. The smallest absolute Gasteiger partial charge is 0.278 e. The highest BCUT2D eigenvalue weighted by molar-refractivity contribution is 6.36. The molecule has 0 radical (unpaired) electrons. The topological polar surface area (TPSA) is 67.9 Å². The zero-order valence-corrected chi connectivity index (χ0v) is 17.0. The Bertz CT molecular complexity index is 901. The third-order valence-electron chi connectivity index (χ3n) is 4.67. The van der Waals surface area contributed by atoms with E-state index in [4.69, 9.17) is 9.47 Å². The van der Waals surface area contributed by atoms with Crippen LogP contribution in [-0.4, -0.2) is 43.6 Å². The van der Waals surface area contributed by atoms with Crippen molar-refractivity contribution in [2.24, 2.45) is 0 Å². The van der Waals surface area contributed by atoms with Gasteiger partial charge in [0.25, 0.3) is 11.8 Å². The van der Waals surface area contributed by atoms with E-state index in [1.54, 1.807) is 7.11 Å². The Morgan fingerprint density at radius 2 is 1.66 bits per heavy atom. The van der Waals surface area contributed by atoms with Gasteiger partial charge in [0, 0.05) is 25.9 Å². The number of hydrogen-bond acceptors (Lipinski definition) is 5. The number of amides is 2. The summed E-state index contributed by atoms with van der Waals surface area (Å²) in [7, 11) is 1.60. The van der Waals surface area contributed by atoms with Gasteiger partial charge in [-0.15, -0.1) is 0 Å². The summed E-state index contributed by atoms with van der Waals surface area (Å²) in [6, 6.07) is 14.9. The van der Waals surface area contributed by atoms with E-state index in [1.165, 1.54) is 4.90 Å². The summed E-state index contributed by atoms with van der Waals surface area (Å²) >= 11 is 0. The number of methoxy groups -OCH3 is 1. The first-order valence-electron chi connectivity index (χ1n) is 9.71. The first-order valence-corrected chi connectivity index (χ1v) is 9.71. The minimum Gasteiger partial charge on any atom is -0.494 e. The van der Waals surface area contributed by atoms with Gasteiger partial charge in [-0.3, -0.25) is 14.5 Å². The zero-order chi connectivity index (χ0) is 20.8. The molecular weight excluding hydrogens is 368 g/mol. The van der Waals surface area contributed by atoms with E-state index in [0.717, 1.165) is 16.9 Å². The Labute approximate surface area is 171 Å². The lowest BCUT2D eigenvalue weighted by Gasteiger charge is -2.15. The van der Waals surface area contributed by atoms with Gasteiger partial charge in [-0.1, -0.05) is 29.8 Å². The van der Waals surface area contributed by atoms with E-state index in [1.807, 2.05) is 62.4 Å². The maximum Gasteiger partial charge on any atom is 0.278 e. The first kappa shape index (κ1) is 20.6. The molecule has 3 rings (SSSR count). The largest absolute Gasteiger partial charge is 0.494 e. The van der Waals surface area contributed by atoms with E-state index < -0.39 is 0 Å². The molecular formula is C23H26N2O4. The van der Waals surface area contributed by atoms with Crippen LogP contribution in [-0.2, 0) is 14.3 Å². The summed E-state index contributed by atoms with van der Waals surface area (Å²) in [6.45, 7) is 5.29. The lowest BCUT2D eigenvalue weighted by atomic mass is 10.0. The molecule has 29 heavy (non-hydrogen) atoms. The Hall–Kier alpha value is -3.12. The maximum absolute atomic E-state index is 13.1. The fourth-order valence-corrected chi connectivity index (χ4v) is 3.20. The molecule has 0 aromatic heterocycles. The number of imide groups is 1. The highest BCUT2D eigenvalue weighted by atomic mass is 16.5. The van der Waals surface area contributed by atoms with Gasteiger partial charge in [0.2, 0.25) is 0 Å². The second-order valence-corrected chi connectivity index (χ2v) is 6.81. The van der Waals surface area contributed by atoms with E-state index >= 15 is 0 Å². The number of carbonyl (C=O) groups excluding carboxylic acids is 2. The van der Waals surface area contributed by atoms with Crippen molar-refractivity contribution in [3.63, 3.8) is 0 Å². The van der Waals surface area contributed by atoms with Crippen molar-refractivity contribution in [3.05, 3.63) is 65.4 Å². The van der Waals surface area contributed by atoms with Crippen LogP contribution in [0.2, 0.25) is 0 Å². The third-order valence-corrected chi connectivity index (χ3v) is 4.67. The molecule has 6 nitrogen and oxygen atoms in total. The average Bonchev–Trinajstić information content (AvgIpc) is 2.95. The maximum atomic E-state index is 13.1. The number of anilines is 1. The van der Waals surface area contributed by atoms with Gasteiger partial charge < -0.3 is 14.8 Å². The van der Waals surface area contributed by atoms with Crippen molar-refractivity contribution in [2.75, 3.05) is 32.2 Å². The predicted molar refractivity (Wildman–Crippen MR) is 113 cm³/mol. The van der Waals surface area contributed by atoms with Crippen molar-refractivity contribution in [2.45, 2.75) is 20.3 Å². The summed E-state index contributed by atoms with van der Waals surface area (Å²) in [4.78, 5) is 27.4. The van der Waals surface area contributed by atoms with Crippen LogP contribution >= 0.6 is 0 Å². The summed E-state index contributed by atoms with van der Waals surface area (Å²) in [5.74, 6) is 0.139. The van der Waals surface area contributed by atoms with Gasteiger partial charge in [-0.25, -0.2) is 0 Å². The molecule has 0 fully saturated rings. The van der Waals surface area contributed by atoms with E-state index in [-0.39, 0.29) is 11.8 Å². The second kappa shape index (κ2) is 9.39. The minimum absolute atomic E-state index is 0.289. The van der Waals surface area contributed by atoms with E-state index in [9.17, 15) is 9.59 Å². The van der Waals surface area contributed by atoms with Gasteiger partial charge in [-0.05, 0) is 50.1 Å². The number of ether oxygens (including phenoxy) is 2. The molecule has 1 N–H and O–H groups in total. The normalized spacial score (nSPS) is 14.0. The van der Waals surface area contributed by atoms with Gasteiger partial charge in [-0.2, -0.15) is 0 Å². The molecule has 1 aliphatic heterocycles. The van der Waals surface area contributed by atoms with Crippen LogP contribution in [0.3, 0.4) is 0 Å². The Balaban J connectivity index is 1.93. The van der Waals surface area contributed by atoms with Crippen LogP contribution in [0.5, 0.6) is 5.75 Å². The molecule has 0 saturated heterocycles. The second-order valence-electron chi connectivity index (χ2n) is 6.81. The Morgan fingerprint density at radius 3 is 2.28 bits per heavy atom. The number of aryl methyl sites for hydroxylation is 1. The van der Waals surface area contributed by atoms with Gasteiger partial charge in [0.1, 0.15) is 11.4 Å². The van der Waals surface area contributed by atoms with E-state index in [2.05, 4.69) is 5.32 Å². The highest BCUT2D eigenvalue weighted by Crippen LogP contribution is 2.31. The fraction of sp³-hybridized carbons (Fsp3) is 0.304. The van der Waals surface area contributed by atoms with Crippen LogP contribution in [0.4, 0.5) is 5.69 Å². The van der Waals surface area contributed by atoms with Crippen LogP contribution in [0.15, 0.2) is 54.2 Å². The SMILES string of the molecule is CCOc1ccc(NC2=C(c3ccc(C)cc3)C(=O)N(CCCOC)C2=O)cc1. The number of nitrogens with zero attached hydrogens (tertiary/aromatic N) is 1. The Morgan fingerprint density at radius 1 is 0.966 bits per heavy atom. The molecule has 2 amide bonds. The van der Waals surface area contributed by atoms with Crippen molar-refractivity contribution >= 4 is 23.1 Å². The number of carbonyl (C=O) groups is 2. The molecule has 0 unspecified atom stereocenters. The molecule has 1 aliphatic rings. The average molecular weight is 394 g/mol. The number of nitrogens with one attached hydrogen (secondary N) is 1. The molecule has 2 aromatic carbocycles. The number of rotatable bonds is 9. The lowest BCUT2D eigenvalue weighted by Crippen LogP contribution is -2.33. The van der Waals surface area contributed by atoms with Gasteiger partial charge >= 0.3 is 0 Å². The van der Waals surface area contributed by atoms with Crippen molar-refractivity contribution in [1.82, 2.24) is 4.90 Å². The number of hydrogen-bond donors (Lipinski definition) is 1. The molecule has 0 atom stereocenters. The van der Waals surface area contributed by atoms with Crippen LogP contribution in [0.25, 0.3) is 5.57 Å². The highest BCUT2D eigenvalue weighted by Gasteiger charge is 2.38. The zero-order valence-electron chi connectivity index (χ0n) is 17.0. The molecule has 0 saturated carbocycles. The summed E-state index contributed by atoms with van der Waals surface area (Å²) in [5, 5.41) is 3.15. The molecule has 0 aliphatic carbocycles. The van der Waals surface area contributed by atoms with E-state index in [0.29, 0.717) is 43.1 Å². The van der Waals surface area contributed by atoms with Crippen LogP contribution in [0, 0.1) is 6.92 Å². The van der Waals surface area contributed by atoms with Crippen molar-refractivity contribution in [3.8, 4) is 5.75 Å². The standard InChI is InChI=1S/C23H26N2O4/c1-4-29-19-12-10-18(11-13-19)24-21-20(17-8-6-16(2)7-9-17)22(26)25(23(21)27)14-5-15-28-3/h6-13,24H,4-5,14-15H2,1-3H3. The molecule has 152 valence electrons. The van der Waals surface area contributed by atoms with Crippen molar-refractivity contribution in [1.29, 1.82) is 0 Å².